The molecule has 0 aliphatic heterocycles. The third-order valence-corrected chi connectivity index (χ3v) is 2.36. The standard InChI is InChI=1S/C12H10ClFN2O/c13-8-2-1-3-9(6-8)17-10-4-5-12(16-15)11(14)7-10/h1-7,16H,15H2. The van der Waals surface area contributed by atoms with Crippen LogP contribution in [0.1, 0.15) is 0 Å². The van der Waals surface area contributed by atoms with Gasteiger partial charge in [-0.05, 0) is 30.3 Å². The van der Waals surface area contributed by atoms with Gasteiger partial charge < -0.3 is 10.2 Å². The molecule has 0 radical (unpaired) electrons. The second-order valence-electron chi connectivity index (χ2n) is 3.35. The molecule has 0 atom stereocenters. The average molecular weight is 253 g/mol. The van der Waals surface area contributed by atoms with Gasteiger partial charge in [-0.1, -0.05) is 17.7 Å². The summed E-state index contributed by atoms with van der Waals surface area (Å²) in [6, 6.07) is 11.2. The fourth-order valence-electron chi connectivity index (χ4n) is 1.34. The Hall–Kier alpha value is -1.78. The van der Waals surface area contributed by atoms with Crippen LogP contribution in [-0.2, 0) is 0 Å². The Morgan fingerprint density at radius 3 is 2.53 bits per heavy atom. The number of benzene rings is 2. The maximum absolute atomic E-state index is 13.4. The topological polar surface area (TPSA) is 47.3 Å². The Balaban J connectivity index is 2.22. The van der Waals surface area contributed by atoms with Gasteiger partial charge in [0.1, 0.15) is 11.5 Å². The summed E-state index contributed by atoms with van der Waals surface area (Å²) in [5.41, 5.74) is 2.46. The lowest BCUT2D eigenvalue weighted by Crippen LogP contribution is -2.08. The van der Waals surface area contributed by atoms with Gasteiger partial charge in [-0.2, -0.15) is 0 Å². The van der Waals surface area contributed by atoms with E-state index in [-0.39, 0.29) is 5.69 Å². The van der Waals surface area contributed by atoms with E-state index in [1.165, 1.54) is 12.1 Å². The van der Waals surface area contributed by atoms with Crippen LogP contribution < -0.4 is 16.0 Å². The van der Waals surface area contributed by atoms with Gasteiger partial charge in [0, 0.05) is 11.1 Å². The lowest BCUT2D eigenvalue weighted by molar-refractivity contribution is 0.477. The van der Waals surface area contributed by atoms with Crippen LogP contribution >= 0.6 is 11.6 Å². The SMILES string of the molecule is NNc1ccc(Oc2cccc(Cl)c2)cc1F. The van der Waals surface area contributed by atoms with Gasteiger partial charge in [0.05, 0.1) is 5.69 Å². The number of hydrogen-bond donors (Lipinski definition) is 2. The molecule has 0 heterocycles. The molecule has 3 nitrogen and oxygen atoms in total. The first-order chi connectivity index (χ1) is 8.19. The normalized spacial score (nSPS) is 10.1. The Morgan fingerprint density at radius 1 is 1.12 bits per heavy atom. The quantitative estimate of drug-likeness (QED) is 0.649. The fourth-order valence-corrected chi connectivity index (χ4v) is 1.52. The van der Waals surface area contributed by atoms with E-state index < -0.39 is 5.82 Å². The molecule has 0 amide bonds. The van der Waals surface area contributed by atoms with E-state index in [4.69, 9.17) is 22.2 Å². The highest BCUT2D eigenvalue weighted by atomic mass is 35.5. The summed E-state index contributed by atoms with van der Waals surface area (Å²) in [5.74, 6) is 5.57. The highest BCUT2D eigenvalue weighted by molar-refractivity contribution is 6.30. The fraction of sp³-hybridized carbons (Fsp3) is 0. The predicted molar refractivity (Wildman–Crippen MR) is 65.7 cm³/mol. The monoisotopic (exact) mass is 252 g/mol. The molecule has 0 fully saturated rings. The highest BCUT2D eigenvalue weighted by Crippen LogP contribution is 2.26. The van der Waals surface area contributed by atoms with Crippen molar-refractivity contribution in [2.45, 2.75) is 0 Å². The lowest BCUT2D eigenvalue weighted by atomic mass is 10.3. The van der Waals surface area contributed by atoms with Crippen LogP contribution in [0.5, 0.6) is 11.5 Å². The zero-order valence-corrected chi connectivity index (χ0v) is 9.54. The van der Waals surface area contributed by atoms with Crippen molar-refractivity contribution in [2.75, 3.05) is 5.43 Å². The number of nitrogen functional groups attached to an aromatic ring is 1. The molecule has 0 aliphatic carbocycles. The Morgan fingerprint density at radius 2 is 1.88 bits per heavy atom. The number of rotatable bonds is 3. The van der Waals surface area contributed by atoms with Crippen molar-refractivity contribution in [1.29, 1.82) is 0 Å². The summed E-state index contributed by atoms with van der Waals surface area (Å²) in [6.07, 6.45) is 0. The molecule has 2 aromatic carbocycles. The molecule has 0 aliphatic rings. The van der Waals surface area contributed by atoms with Crippen LogP contribution in [0, 0.1) is 5.82 Å². The van der Waals surface area contributed by atoms with Crippen molar-refractivity contribution in [3.05, 3.63) is 53.3 Å². The van der Waals surface area contributed by atoms with Crippen molar-refractivity contribution in [2.24, 2.45) is 5.84 Å². The van der Waals surface area contributed by atoms with Crippen LogP contribution in [0.4, 0.5) is 10.1 Å². The maximum atomic E-state index is 13.4. The van der Waals surface area contributed by atoms with Gasteiger partial charge in [-0.15, -0.1) is 0 Å². The van der Waals surface area contributed by atoms with Gasteiger partial charge in [-0.3, -0.25) is 5.84 Å². The second kappa shape index (κ2) is 5.03. The summed E-state index contributed by atoms with van der Waals surface area (Å²) in [4.78, 5) is 0. The number of hydrazine groups is 1. The predicted octanol–water partition coefficient (Wildman–Crippen LogP) is 3.56. The molecular formula is C12H10ClFN2O. The Kier molecular flexibility index (Phi) is 3.46. The average Bonchev–Trinajstić information content (AvgIpc) is 2.29. The van der Waals surface area contributed by atoms with E-state index in [9.17, 15) is 4.39 Å². The smallest absolute Gasteiger partial charge is 0.151 e. The van der Waals surface area contributed by atoms with E-state index in [1.54, 1.807) is 30.3 Å². The molecule has 0 bridgehead atoms. The van der Waals surface area contributed by atoms with Crippen LogP contribution in [0.15, 0.2) is 42.5 Å². The molecule has 0 saturated carbocycles. The maximum Gasteiger partial charge on any atom is 0.151 e. The van der Waals surface area contributed by atoms with Crippen molar-refractivity contribution in [1.82, 2.24) is 0 Å². The summed E-state index contributed by atoms with van der Waals surface area (Å²) < 4.78 is 18.8. The van der Waals surface area contributed by atoms with E-state index in [0.717, 1.165) is 0 Å². The summed E-state index contributed by atoms with van der Waals surface area (Å²) >= 11 is 5.81. The summed E-state index contributed by atoms with van der Waals surface area (Å²) in [6.45, 7) is 0. The van der Waals surface area contributed by atoms with Crippen LogP contribution in [0.25, 0.3) is 0 Å². The van der Waals surface area contributed by atoms with Crippen LogP contribution in [0.3, 0.4) is 0 Å². The zero-order valence-electron chi connectivity index (χ0n) is 8.78. The van der Waals surface area contributed by atoms with Crippen LogP contribution in [0.2, 0.25) is 5.02 Å². The number of hydrogen-bond acceptors (Lipinski definition) is 3. The lowest BCUT2D eigenvalue weighted by Gasteiger charge is -2.07. The van der Waals surface area contributed by atoms with Gasteiger partial charge in [0.2, 0.25) is 0 Å². The molecule has 5 heteroatoms. The highest BCUT2D eigenvalue weighted by Gasteiger charge is 2.04. The van der Waals surface area contributed by atoms with Crippen molar-refractivity contribution >= 4 is 17.3 Å². The number of nitrogens with two attached hydrogens (primary N) is 1. The molecule has 0 aromatic heterocycles. The Bertz CT molecular complexity index is 534. The summed E-state index contributed by atoms with van der Waals surface area (Å²) in [7, 11) is 0. The molecule has 88 valence electrons. The molecule has 3 N–H and O–H groups in total. The molecule has 0 unspecified atom stereocenters. The second-order valence-corrected chi connectivity index (χ2v) is 3.78. The molecule has 0 saturated heterocycles. The third kappa shape index (κ3) is 2.87. The molecular weight excluding hydrogens is 243 g/mol. The van der Waals surface area contributed by atoms with Crippen molar-refractivity contribution < 1.29 is 9.13 Å². The summed E-state index contributed by atoms with van der Waals surface area (Å²) in [5, 5.41) is 0.559. The Labute approximate surface area is 103 Å². The van der Waals surface area contributed by atoms with Crippen LogP contribution in [-0.4, -0.2) is 0 Å². The molecule has 2 rings (SSSR count). The minimum Gasteiger partial charge on any atom is -0.457 e. The van der Waals surface area contributed by atoms with Gasteiger partial charge >= 0.3 is 0 Å². The van der Waals surface area contributed by atoms with Gasteiger partial charge in [-0.25, -0.2) is 4.39 Å². The minimum atomic E-state index is -0.480. The van der Waals surface area contributed by atoms with Crippen molar-refractivity contribution in [3.63, 3.8) is 0 Å². The minimum absolute atomic E-state index is 0.212. The van der Waals surface area contributed by atoms with E-state index >= 15 is 0 Å². The van der Waals surface area contributed by atoms with Crippen molar-refractivity contribution in [3.8, 4) is 11.5 Å². The number of anilines is 1. The third-order valence-electron chi connectivity index (χ3n) is 2.13. The first-order valence-corrected chi connectivity index (χ1v) is 5.26. The number of ether oxygens (including phenoxy) is 1. The number of nitrogens with one attached hydrogen (secondary N) is 1. The van der Waals surface area contributed by atoms with Gasteiger partial charge in [0.25, 0.3) is 0 Å². The van der Waals surface area contributed by atoms with E-state index in [2.05, 4.69) is 5.43 Å². The number of halogens is 2. The zero-order chi connectivity index (χ0) is 12.3. The van der Waals surface area contributed by atoms with E-state index in [1.807, 2.05) is 0 Å². The first kappa shape index (κ1) is 11.7. The van der Waals surface area contributed by atoms with E-state index in [0.29, 0.717) is 16.5 Å². The first-order valence-electron chi connectivity index (χ1n) is 4.88. The largest absolute Gasteiger partial charge is 0.457 e. The van der Waals surface area contributed by atoms with Gasteiger partial charge in [0.15, 0.2) is 5.82 Å². The molecule has 2 aromatic rings. The molecule has 17 heavy (non-hydrogen) atoms. The molecule has 0 spiro atoms.